The van der Waals surface area contributed by atoms with Crippen molar-refractivity contribution in [1.29, 1.82) is 0 Å². The molecule has 2 aromatic rings. The van der Waals surface area contributed by atoms with Crippen LogP contribution in [0, 0.1) is 6.92 Å². The third-order valence-electron chi connectivity index (χ3n) is 4.39. The van der Waals surface area contributed by atoms with E-state index in [1.165, 1.54) is 16.7 Å². The van der Waals surface area contributed by atoms with Crippen molar-refractivity contribution in [3.05, 3.63) is 51.5 Å². The summed E-state index contributed by atoms with van der Waals surface area (Å²) >= 11 is 10.7. The molecular weight excluding hydrogens is 478 g/mol. The Labute approximate surface area is 186 Å². The van der Waals surface area contributed by atoms with Crippen molar-refractivity contribution in [2.24, 2.45) is 0 Å². The monoisotopic (exact) mass is 495 g/mol. The summed E-state index contributed by atoms with van der Waals surface area (Å²) in [5, 5.41) is 5.56. The fraction of sp³-hybridized carbons (Fsp3) is 0.250. The molecule has 1 aliphatic rings. The van der Waals surface area contributed by atoms with Gasteiger partial charge in [-0.05, 0) is 48.9 Å². The molecule has 2 N–H and O–H groups in total. The molecule has 0 unspecified atom stereocenters. The van der Waals surface area contributed by atoms with Crippen LogP contribution in [0.4, 0.5) is 11.4 Å². The Balaban J connectivity index is 1.57. The third kappa shape index (κ3) is 5.52. The van der Waals surface area contributed by atoms with Gasteiger partial charge in [-0.2, -0.15) is 0 Å². The molecular formula is C20H19BrClN3O3S. The number of nitrogens with one attached hydrogen (secondary N) is 2. The van der Waals surface area contributed by atoms with E-state index in [1.807, 2.05) is 25.1 Å². The van der Waals surface area contributed by atoms with Crippen LogP contribution in [0.25, 0.3) is 0 Å². The predicted molar refractivity (Wildman–Crippen MR) is 119 cm³/mol. The molecule has 2 aromatic carbocycles. The van der Waals surface area contributed by atoms with Gasteiger partial charge in [-0.3, -0.25) is 14.4 Å². The lowest BCUT2D eigenvalue weighted by molar-refractivity contribution is -0.134. The smallest absolute Gasteiger partial charge is 0.243 e. The molecule has 1 heterocycles. The number of aryl methyl sites for hydroxylation is 1. The predicted octanol–water partition coefficient (Wildman–Crippen LogP) is 4.31. The Hall–Kier alpha value is -2.03. The summed E-state index contributed by atoms with van der Waals surface area (Å²) in [4.78, 5) is 39.4. The van der Waals surface area contributed by atoms with E-state index in [4.69, 9.17) is 11.6 Å². The van der Waals surface area contributed by atoms with Gasteiger partial charge < -0.3 is 15.5 Å². The van der Waals surface area contributed by atoms with Crippen molar-refractivity contribution in [2.75, 3.05) is 24.2 Å². The van der Waals surface area contributed by atoms with Crippen LogP contribution < -0.4 is 10.6 Å². The lowest BCUT2D eigenvalue weighted by Gasteiger charge is -2.25. The molecule has 6 nitrogen and oxygen atoms in total. The molecule has 9 heteroatoms. The van der Waals surface area contributed by atoms with Crippen LogP contribution in [0.1, 0.15) is 12.0 Å². The number of carbonyl (C=O) groups is 3. The number of amides is 3. The number of anilines is 2. The lowest BCUT2D eigenvalue weighted by atomic mass is 10.2. The van der Waals surface area contributed by atoms with Crippen molar-refractivity contribution >= 4 is 68.4 Å². The molecule has 0 bridgehead atoms. The maximum Gasteiger partial charge on any atom is 0.243 e. The second-order valence-corrected chi connectivity index (χ2v) is 9.29. The molecule has 0 fully saturated rings. The number of thioether (sulfide) groups is 1. The second-order valence-electron chi connectivity index (χ2n) is 6.70. The van der Waals surface area contributed by atoms with Gasteiger partial charge in [0.2, 0.25) is 17.7 Å². The van der Waals surface area contributed by atoms with Crippen LogP contribution in [0.15, 0.2) is 45.8 Å². The zero-order valence-electron chi connectivity index (χ0n) is 15.8. The van der Waals surface area contributed by atoms with Crippen LogP contribution in [0.3, 0.4) is 0 Å². The Bertz CT molecular complexity index is 985. The van der Waals surface area contributed by atoms with E-state index in [0.717, 1.165) is 14.9 Å². The minimum absolute atomic E-state index is 0.000339. The molecule has 152 valence electrons. The van der Waals surface area contributed by atoms with Crippen LogP contribution in [-0.2, 0) is 14.4 Å². The molecule has 0 saturated heterocycles. The van der Waals surface area contributed by atoms with Gasteiger partial charge >= 0.3 is 0 Å². The minimum Gasteiger partial charge on any atom is -0.336 e. The summed E-state index contributed by atoms with van der Waals surface area (Å²) in [6.45, 7) is 1.79. The van der Waals surface area contributed by atoms with E-state index in [1.54, 1.807) is 25.2 Å². The molecule has 0 aromatic heterocycles. The summed E-state index contributed by atoms with van der Waals surface area (Å²) < 4.78 is 0.924. The minimum atomic E-state index is -0.560. The third-order valence-corrected chi connectivity index (χ3v) is 6.39. The highest BCUT2D eigenvalue weighted by molar-refractivity contribution is 9.10. The van der Waals surface area contributed by atoms with E-state index in [-0.39, 0.29) is 30.7 Å². The van der Waals surface area contributed by atoms with E-state index in [0.29, 0.717) is 16.4 Å². The topological polar surface area (TPSA) is 78.5 Å². The lowest BCUT2D eigenvalue weighted by Crippen LogP contribution is -2.39. The fourth-order valence-electron chi connectivity index (χ4n) is 2.83. The average Bonchev–Trinajstić information content (AvgIpc) is 2.64. The Morgan fingerprint density at radius 3 is 2.76 bits per heavy atom. The van der Waals surface area contributed by atoms with Gasteiger partial charge in [-0.1, -0.05) is 27.5 Å². The number of hydrogen-bond acceptors (Lipinski definition) is 4. The summed E-state index contributed by atoms with van der Waals surface area (Å²) in [7, 11) is 1.55. The number of likely N-dealkylation sites (N-methyl/N-ethyl adjacent to an activating group) is 1. The number of rotatable bonds is 5. The number of carbonyl (C=O) groups excluding carboxylic acids is 3. The Morgan fingerprint density at radius 2 is 2.03 bits per heavy atom. The number of halogens is 2. The number of nitrogens with zero attached hydrogens (tertiary/aromatic N) is 1. The highest BCUT2D eigenvalue weighted by Crippen LogP contribution is 2.38. The number of fused-ring (bicyclic) bond motifs is 1. The van der Waals surface area contributed by atoms with Gasteiger partial charge in [0, 0.05) is 33.5 Å². The number of hydrogen-bond donors (Lipinski definition) is 2. The molecule has 0 saturated carbocycles. The van der Waals surface area contributed by atoms with E-state index < -0.39 is 5.25 Å². The molecule has 0 radical (unpaired) electrons. The van der Waals surface area contributed by atoms with Crippen LogP contribution >= 0.6 is 39.3 Å². The number of benzene rings is 2. The standard InChI is InChI=1S/C20H19BrClN3O3S/c1-11-7-12(21)3-5-14(11)23-18(26)10-25(2)19(27)9-17-20(28)24-15-8-13(22)4-6-16(15)29-17/h3-8,17H,9-10H2,1-2H3,(H,23,26)(H,24,28)/t17-/m0/s1. The first-order valence-electron chi connectivity index (χ1n) is 8.80. The Morgan fingerprint density at radius 1 is 1.28 bits per heavy atom. The maximum atomic E-state index is 12.5. The van der Waals surface area contributed by atoms with Crippen molar-refractivity contribution in [3.63, 3.8) is 0 Å². The molecule has 29 heavy (non-hydrogen) atoms. The first-order valence-corrected chi connectivity index (χ1v) is 10.8. The molecule has 3 rings (SSSR count). The van der Waals surface area contributed by atoms with Crippen LogP contribution in [0.5, 0.6) is 0 Å². The van der Waals surface area contributed by atoms with Gasteiger partial charge in [0.15, 0.2) is 0 Å². The van der Waals surface area contributed by atoms with Gasteiger partial charge in [-0.25, -0.2) is 0 Å². The maximum absolute atomic E-state index is 12.5. The van der Waals surface area contributed by atoms with E-state index >= 15 is 0 Å². The molecule has 1 aliphatic heterocycles. The zero-order valence-corrected chi connectivity index (χ0v) is 19.0. The van der Waals surface area contributed by atoms with Crippen LogP contribution in [-0.4, -0.2) is 41.5 Å². The van der Waals surface area contributed by atoms with Crippen molar-refractivity contribution < 1.29 is 14.4 Å². The Kier molecular flexibility index (Phi) is 6.87. The molecule has 3 amide bonds. The molecule has 1 atom stereocenters. The van der Waals surface area contributed by atoms with Crippen molar-refractivity contribution in [2.45, 2.75) is 23.5 Å². The van der Waals surface area contributed by atoms with Gasteiger partial charge in [0.1, 0.15) is 0 Å². The van der Waals surface area contributed by atoms with Gasteiger partial charge in [0.25, 0.3) is 0 Å². The summed E-state index contributed by atoms with van der Waals surface area (Å²) in [6.07, 6.45) is -0.000339. The van der Waals surface area contributed by atoms with Gasteiger partial charge in [-0.15, -0.1) is 11.8 Å². The fourth-order valence-corrected chi connectivity index (χ4v) is 4.56. The largest absolute Gasteiger partial charge is 0.336 e. The first kappa shape index (κ1) is 21.7. The average molecular weight is 497 g/mol. The second kappa shape index (κ2) is 9.19. The highest BCUT2D eigenvalue weighted by atomic mass is 79.9. The van der Waals surface area contributed by atoms with Crippen LogP contribution in [0.2, 0.25) is 5.02 Å². The van der Waals surface area contributed by atoms with E-state index in [9.17, 15) is 14.4 Å². The highest BCUT2D eigenvalue weighted by Gasteiger charge is 2.30. The SMILES string of the molecule is Cc1cc(Br)ccc1NC(=O)CN(C)C(=O)C[C@@H]1Sc2ccc(Cl)cc2NC1=O. The summed E-state index contributed by atoms with van der Waals surface area (Å²) in [5.41, 5.74) is 2.25. The quantitative estimate of drug-likeness (QED) is 0.646. The van der Waals surface area contributed by atoms with Crippen molar-refractivity contribution in [3.8, 4) is 0 Å². The zero-order chi connectivity index (χ0) is 21.1. The first-order chi connectivity index (χ1) is 13.7. The van der Waals surface area contributed by atoms with Crippen molar-refractivity contribution in [1.82, 2.24) is 4.90 Å². The molecule has 0 aliphatic carbocycles. The van der Waals surface area contributed by atoms with Gasteiger partial charge in [0.05, 0.1) is 17.5 Å². The summed E-state index contributed by atoms with van der Waals surface area (Å²) in [5.74, 6) is -0.828. The van der Waals surface area contributed by atoms with E-state index in [2.05, 4.69) is 26.6 Å². The molecule has 0 spiro atoms. The normalized spacial score (nSPS) is 15.3. The summed E-state index contributed by atoms with van der Waals surface area (Å²) in [6, 6.07) is 10.8.